The first kappa shape index (κ1) is 15.8. The summed E-state index contributed by atoms with van der Waals surface area (Å²) < 4.78 is 0. The Morgan fingerprint density at radius 2 is 2.15 bits per heavy atom. The highest BCUT2D eigenvalue weighted by molar-refractivity contribution is 6.33. The number of rotatable bonds is 4. The summed E-state index contributed by atoms with van der Waals surface area (Å²) in [6.07, 6.45) is 4.97. The zero-order chi connectivity index (χ0) is 14.8. The maximum atomic E-state index is 6.06. The van der Waals surface area contributed by atoms with Crippen molar-refractivity contribution >= 4 is 28.9 Å². The van der Waals surface area contributed by atoms with E-state index in [0.29, 0.717) is 10.3 Å². The average molecular weight is 317 g/mol. The second-order valence-corrected chi connectivity index (χ2v) is 6.79. The van der Waals surface area contributed by atoms with Gasteiger partial charge in [-0.05, 0) is 32.9 Å². The molecule has 1 aromatic rings. The van der Waals surface area contributed by atoms with Gasteiger partial charge in [0.2, 0.25) is 0 Å². The maximum absolute atomic E-state index is 6.06. The number of anilines is 1. The molecule has 20 heavy (non-hydrogen) atoms. The summed E-state index contributed by atoms with van der Waals surface area (Å²) in [6, 6.07) is 1.73. The van der Waals surface area contributed by atoms with Gasteiger partial charge in [-0.15, -0.1) is 10.2 Å². The van der Waals surface area contributed by atoms with Gasteiger partial charge in [0.25, 0.3) is 0 Å². The summed E-state index contributed by atoms with van der Waals surface area (Å²) >= 11 is 11.9. The lowest BCUT2D eigenvalue weighted by atomic mass is 9.75. The Bertz CT molecular complexity index is 466. The van der Waals surface area contributed by atoms with E-state index in [4.69, 9.17) is 23.2 Å². The average Bonchev–Trinajstić information content (AvgIpc) is 2.40. The van der Waals surface area contributed by atoms with Crippen LogP contribution in [-0.2, 0) is 0 Å². The molecule has 0 aliphatic heterocycles. The molecule has 1 N–H and O–H groups in total. The van der Waals surface area contributed by atoms with Crippen molar-refractivity contribution in [3.8, 4) is 0 Å². The molecule has 2 atom stereocenters. The third-order valence-electron chi connectivity index (χ3n) is 4.34. The fourth-order valence-corrected chi connectivity index (χ4v) is 3.40. The van der Waals surface area contributed by atoms with Crippen LogP contribution in [0.3, 0.4) is 0 Å². The van der Waals surface area contributed by atoms with Crippen LogP contribution in [0.2, 0.25) is 10.3 Å². The molecule has 6 heteroatoms. The summed E-state index contributed by atoms with van der Waals surface area (Å²) in [6.45, 7) is 3.17. The van der Waals surface area contributed by atoms with Crippen molar-refractivity contribution in [1.29, 1.82) is 0 Å². The quantitative estimate of drug-likeness (QED) is 0.919. The van der Waals surface area contributed by atoms with E-state index in [0.717, 1.165) is 18.2 Å². The van der Waals surface area contributed by atoms with Crippen molar-refractivity contribution in [2.75, 3.05) is 26.0 Å². The molecular weight excluding hydrogens is 295 g/mol. The van der Waals surface area contributed by atoms with Crippen molar-refractivity contribution in [3.63, 3.8) is 0 Å². The summed E-state index contributed by atoms with van der Waals surface area (Å²) in [5.74, 6) is 0.752. The Labute approximate surface area is 130 Å². The largest absolute Gasteiger partial charge is 0.381 e. The van der Waals surface area contributed by atoms with E-state index in [-0.39, 0.29) is 5.54 Å². The normalized spacial score (nSPS) is 26.8. The van der Waals surface area contributed by atoms with E-state index in [1.165, 1.54) is 25.7 Å². The molecule has 1 saturated carbocycles. The summed E-state index contributed by atoms with van der Waals surface area (Å²) in [7, 11) is 4.30. The molecule has 4 nitrogen and oxygen atoms in total. The van der Waals surface area contributed by atoms with Crippen molar-refractivity contribution in [1.82, 2.24) is 15.1 Å². The molecule has 2 unspecified atom stereocenters. The molecule has 1 heterocycles. The molecule has 112 valence electrons. The van der Waals surface area contributed by atoms with Gasteiger partial charge in [0.1, 0.15) is 0 Å². The first-order chi connectivity index (χ1) is 9.43. The lowest BCUT2D eigenvalue weighted by molar-refractivity contribution is 0.0882. The molecule has 1 aliphatic rings. The lowest BCUT2D eigenvalue weighted by Gasteiger charge is -2.45. The highest BCUT2D eigenvalue weighted by Gasteiger charge is 2.36. The second kappa shape index (κ2) is 6.46. The van der Waals surface area contributed by atoms with Crippen LogP contribution in [0, 0.1) is 5.92 Å². The monoisotopic (exact) mass is 316 g/mol. The number of likely N-dealkylation sites (N-methyl/N-ethyl adjacent to an activating group) is 1. The Balaban J connectivity index is 2.11. The summed E-state index contributed by atoms with van der Waals surface area (Å²) in [5.41, 5.74) is 0.919. The van der Waals surface area contributed by atoms with E-state index in [1.54, 1.807) is 6.07 Å². The van der Waals surface area contributed by atoms with Crippen molar-refractivity contribution in [2.24, 2.45) is 5.92 Å². The van der Waals surface area contributed by atoms with Crippen LogP contribution in [-0.4, -0.2) is 41.3 Å². The number of halogens is 2. The van der Waals surface area contributed by atoms with Crippen molar-refractivity contribution in [3.05, 3.63) is 16.4 Å². The first-order valence-corrected chi connectivity index (χ1v) is 7.78. The number of hydrogen-bond donors (Lipinski definition) is 1. The molecule has 0 radical (unpaired) electrons. The van der Waals surface area contributed by atoms with Gasteiger partial charge in [-0.3, -0.25) is 0 Å². The van der Waals surface area contributed by atoms with E-state index in [9.17, 15) is 0 Å². The standard InChI is InChI=1S/C14H22Cl2N4/c1-10-5-4-6-14(8-10,20(2)3)9-17-11-7-12(15)18-19-13(11)16/h7,10H,4-6,8-9H2,1-3H3,(H,17,18). The van der Waals surface area contributed by atoms with Gasteiger partial charge < -0.3 is 10.2 Å². The molecule has 0 aromatic carbocycles. The van der Waals surface area contributed by atoms with Gasteiger partial charge in [-0.2, -0.15) is 0 Å². The molecule has 0 spiro atoms. The Morgan fingerprint density at radius 1 is 1.40 bits per heavy atom. The highest BCUT2D eigenvalue weighted by atomic mass is 35.5. The Kier molecular flexibility index (Phi) is 5.10. The predicted molar refractivity (Wildman–Crippen MR) is 84.6 cm³/mol. The van der Waals surface area contributed by atoms with Crippen LogP contribution in [0.5, 0.6) is 0 Å². The Morgan fingerprint density at radius 3 is 2.80 bits per heavy atom. The van der Waals surface area contributed by atoms with Crippen LogP contribution in [0.1, 0.15) is 32.6 Å². The minimum absolute atomic E-state index is 0.163. The highest BCUT2D eigenvalue weighted by Crippen LogP contribution is 2.36. The number of hydrogen-bond acceptors (Lipinski definition) is 4. The van der Waals surface area contributed by atoms with Crippen LogP contribution in [0.4, 0.5) is 5.69 Å². The molecule has 1 aliphatic carbocycles. The van der Waals surface area contributed by atoms with Gasteiger partial charge in [0, 0.05) is 18.2 Å². The fraction of sp³-hybridized carbons (Fsp3) is 0.714. The van der Waals surface area contributed by atoms with Crippen LogP contribution < -0.4 is 5.32 Å². The fourth-order valence-electron chi connectivity index (χ4n) is 3.09. The summed E-state index contributed by atoms with van der Waals surface area (Å²) in [4.78, 5) is 2.33. The number of nitrogens with zero attached hydrogens (tertiary/aromatic N) is 3. The number of nitrogens with one attached hydrogen (secondary N) is 1. The third-order valence-corrected chi connectivity index (χ3v) is 4.81. The zero-order valence-electron chi connectivity index (χ0n) is 12.3. The number of aromatic nitrogens is 2. The first-order valence-electron chi connectivity index (χ1n) is 7.03. The van der Waals surface area contributed by atoms with E-state index in [2.05, 4.69) is 41.4 Å². The zero-order valence-corrected chi connectivity index (χ0v) is 13.8. The minimum Gasteiger partial charge on any atom is -0.381 e. The molecule has 0 saturated heterocycles. The van der Waals surface area contributed by atoms with Crippen molar-refractivity contribution < 1.29 is 0 Å². The van der Waals surface area contributed by atoms with Crippen LogP contribution >= 0.6 is 23.2 Å². The third kappa shape index (κ3) is 3.54. The molecule has 0 amide bonds. The topological polar surface area (TPSA) is 41.1 Å². The minimum atomic E-state index is 0.163. The lowest BCUT2D eigenvalue weighted by Crippen LogP contribution is -2.52. The molecule has 1 aromatic heterocycles. The van der Waals surface area contributed by atoms with E-state index >= 15 is 0 Å². The Hall–Kier alpha value is -0.580. The van der Waals surface area contributed by atoms with Gasteiger partial charge in [-0.1, -0.05) is 43.0 Å². The van der Waals surface area contributed by atoms with Crippen LogP contribution in [0.25, 0.3) is 0 Å². The van der Waals surface area contributed by atoms with Gasteiger partial charge >= 0.3 is 0 Å². The second-order valence-electron chi connectivity index (χ2n) is 6.05. The van der Waals surface area contributed by atoms with Crippen molar-refractivity contribution in [2.45, 2.75) is 38.1 Å². The molecule has 0 bridgehead atoms. The maximum Gasteiger partial charge on any atom is 0.174 e. The predicted octanol–water partition coefficient (Wildman–Crippen LogP) is 3.71. The van der Waals surface area contributed by atoms with E-state index in [1.807, 2.05) is 0 Å². The summed E-state index contributed by atoms with van der Waals surface area (Å²) in [5, 5.41) is 11.7. The van der Waals surface area contributed by atoms with Gasteiger partial charge in [0.15, 0.2) is 10.3 Å². The van der Waals surface area contributed by atoms with E-state index < -0.39 is 0 Å². The van der Waals surface area contributed by atoms with Gasteiger partial charge in [0.05, 0.1) is 5.69 Å². The molecule has 2 rings (SSSR count). The molecule has 1 fully saturated rings. The smallest absolute Gasteiger partial charge is 0.174 e. The molecular formula is C14H22Cl2N4. The SMILES string of the molecule is CC1CCCC(CNc2cc(Cl)nnc2Cl)(N(C)C)C1. The van der Waals surface area contributed by atoms with Gasteiger partial charge in [-0.25, -0.2) is 0 Å². The van der Waals surface area contributed by atoms with Crippen LogP contribution in [0.15, 0.2) is 6.07 Å².